The average molecular weight is 320 g/mol. The number of nitrogens with one attached hydrogen (secondary N) is 1. The number of Topliss-reactive ketones (excluding diaryl/α,β-unsaturated/α-hetero) is 1. The number of rotatable bonds is 4. The molecule has 3 rings (SSSR count). The summed E-state index contributed by atoms with van der Waals surface area (Å²) in [7, 11) is 1.87. The second-order valence-corrected chi connectivity index (χ2v) is 6.20. The fraction of sp³-hybridized carbons (Fsp3) is 0.200. The molecule has 1 heterocycles. The lowest BCUT2D eigenvalue weighted by atomic mass is 10.0. The van der Waals surface area contributed by atoms with Crippen molar-refractivity contribution >= 4 is 28.3 Å². The third-order valence-corrected chi connectivity index (χ3v) is 4.18. The molecular weight excluding hydrogens is 300 g/mol. The molecule has 0 aliphatic carbocycles. The van der Waals surface area contributed by atoms with Crippen molar-refractivity contribution in [3.63, 3.8) is 0 Å². The van der Waals surface area contributed by atoms with Crippen molar-refractivity contribution in [2.24, 2.45) is 7.05 Å². The van der Waals surface area contributed by atoms with Gasteiger partial charge in [0, 0.05) is 29.8 Å². The number of aromatic nitrogens is 1. The van der Waals surface area contributed by atoms with E-state index in [1.807, 2.05) is 60.1 Å². The van der Waals surface area contributed by atoms with Gasteiger partial charge >= 0.3 is 0 Å². The zero-order chi connectivity index (χ0) is 17.3. The molecule has 1 N–H and O–H groups in total. The summed E-state index contributed by atoms with van der Waals surface area (Å²) < 4.78 is 1.86. The summed E-state index contributed by atoms with van der Waals surface area (Å²) in [6, 6.07) is 15.1. The first kappa shape index (κ1) is 16.0. The molecule has 0 saturated heterocycles. The van der Waals surface area contributed by atoms with Gasteiger partial charge in [-0.1, -0.05) is 50.2 Å². The number of amides is 1. The van der Waals surface area contributed by atoms with E-state index in [-0.39, 0.29) is 5.92 Å². The third kappa shape index (κ3) is 2.83. The Labute approximate surface area is 141 Å². The molecule has 4 nitrogen and oxygen atoms in total. The maximum atomic E-state index is 12.6. The van der Waals surface area contributed by atoms with Crippen LogP contribution < -0.4 is 5.32 Å². The first-order valence-electron chi connectivity index (χ1n) is 7.97. The quantitative estimate of drug-likeness (QED) is 0.580. The molecule has 0 bridgehead atoms. The van der Waals surface area contributed by atoms with Crippen LogP contribution in [0.2, 0.25) is 0 Å². The lowest BCUT2D eigenvalue weighted by Gasteiger charge is -2.13. The molecule has 0 spiro atoms. The molecule has 0 aliphatic heterocycles. The minimum absolute atomic E-state index is 0.258. The number of carbonyl (C=O) groups excluding carboxylic acids is 2. The Bertz CT molecular complexity index is 922. The number of anilines is 1. The lowest BCUT2D eigenvalue weighted by Crippen LogP contribution is -2.23. The maximum Gasteiger partial charge on any atom is 0.296 e. The summed E-state index contributed by atoms with van der Waals surface area (Å²) >= 11 is 0. The highest BCUT2D eigenvalue weighted by Gasteiger charge is 2.22. The van der Waals surface area contributed by atoms with Gasteiger partial charge in [-0.15, -0.1) is 0 Å². The summed E-state index contributed by atoms with van der Waals surface area (Å²) in [4.78, 5) is 25.1. The Balaban J connectivity index is 1.92. The fourth-order valence-corrected chi connectivity index (χ4v) is 2.94. The van der Waals surface area contributed by atoms with Crippen LogP contribution in [0, 0.1) is 0 Å². The standard InChI is InChI=1S/C20H20N2O2/c1-13(2)14-8-4-6-10-17(14)21-20(24)19(23)16-12-22(3)18-11-7-5-9-15(16)18/h4-13H,1-3H3,(H,21,24). The molecule has 3 aromatic rings. The molecule has 2 aromatic carbocycles. The number of carbonyl (C=O) groups is 2. The Kier molecular flexibility index (Phi) is 4.21. The first-order valence-corrected chi connectivity index (χ1v) is 7.97. The topological polar surface area (TPSA) is 51.1 Å². The molecule has 0 unspecified atom stereocenters. The third-order valence-electron chi connectivity index (χ3n) is 4.18. The highest BCUT2D eigenvalue weighted by molar-refractivity contribution is 6.48. The van der Waals surface area contributed by atoms with Crippen LogP contribution in [0.3, 0.4) is 0 Å². The average Bonchev–Trinajstić information content (AvgIpc) is 2.92. The molecule has 0 atom stereocenters. The number of aryl methyl sites for hydroxylation is 1. The molecule has 122 valence electrons. The number of para-hydroxylation sites is 2. The largest absolute Gasteiger partial charge is 0.350 e. The zero-order valence-corrected chi connectivity index (χ0v) is 14.0. The van der Waals surface area contributed by atoms with Gasteiger partial charge in [0.05, 0.1) is 5.56 Å². The molecule has 24 heavy (non-hydrogen) atoms. The van der Waals surface area contributed by atoms with Crippen molar-refractivity contribution in [1.82, 2.24) is 4.57 Å². The predicted octanol–water partition coefficient (Wildman–Crippen LogP) is 4.12. The van der Waals surface area contributed by atoms with E-state index in [1.165, 1.54) is 0 Å². The minimum Gasteiger partial charge on any atom is -0.350 e. The molecule has 1 amide bonds. The van der Waals surface area contributed by atoms with Crippen molar-refractivity contribution in [2.45, 2.75) is 19.8 Å². The summed E-state index contributed by atoms with van der Waals surface area (Å²) in [6.07, 6.45) is 1.71. The Morgan fingerprint density at radius 3 is 2.42 bits per heavy atom. The smallest absolute Gasteiger partial charge is 0.296 e. The van der Waals surface area contributed by atoms with E-state index >= 15 is 0 Å². The summed E-state index contributed by atoms with van der Waals surface area (Å²) in [6.45, 7) is 4.11. The van der Waals surface area contributed by atoms with Gasteiger partial charge in [0.15, 0.2) is 0 Å². The van der Waals surface area contributed by atoms with Gasteiger partial charge in [-0.25, -0.2) is 0 Å². The van der Waals surface area contributed by atoms with Crippen molar-refractivity contribution in [2.75, 3.05) is 5.32 Å². The van der Waals surface area contributed by atoms with Crippen LogP contribution in [0.25, 0.3) is 10.9 Å². The summed E-state index contributed by atoms with van der Waals surface area (Å²) in [5, 5.41) is 3.56. The van der Waals surface area contributed by atoms with Gasteiger partial charge in [-0.2, -0.15) is 0 Å². The van der Waals surface area contributed by atoms with E-state index in [0.29, 0.717) is 11.3 Å². The van der Waals surface area contributed by atoms with Crippen molar-refractivity contribution in [1.29, 1.82) is 0 Å². The molecule has 1 aromatic heterocycles. The van der Waals surface area contributed by atoms with E-state index in [4.69, 9.17) is 0 Å². The number of fused-ring (bicyclic) bond motifs is 1. The minimum atomic E-state index is -0.612. The Morgan fingerprint density at radius 2 is 1.67 bits per heavy atom. The number of hydrogen-bond acceptors (Lipinski definition) is 2. The van der Waals surface area contributed by atoms with Gasteiger partial charge in [-0.05, 0) is 23.6 Å². The lowest BCUT2D eigenvalue weighted by molar-refractivity contribution is -0.112. The van der Waals surface area contributed by atoms with E-state index in [0.717, 1.165) is 16.5 Å². The molecule has 4 heteroatoms. The van der Waals surface area contributed by atoms with Crippen LogP contribution in [0.15, 0.2) is 54.7 Å². The number of hydrogen-bond donors (Lipinski definition) is 1. The van der Waals surface area contributed by atoms with Crippen molar-refractivity contribution in [3.8, 4) is 0 Å². The highest BCUT2D eigenvalue weighted by Crippen LogP contribution is 2.25. The Morgan fingerprint density at radius 1 is 1.00 bits per heavy atom. The van der Waals surface area contributed by atoms with Gasteiger partial charge in [0.1, 0.15) is 0 Å². The summed E-state index contributed by atoms with van der Waals surface area (Å²) in [5.41, 5.74) is 3.05. The number of nitrogens with zero attached hydrogens (tertiary/aromatic N) is 1. The van der Waals surface area contributed by atoms with Crippen LogP contribution in [0.5, 0.6) is 0 Å². The number of ketones is 1. The molecule has 0 aliphatic rings. The van der Waals surface area contributed by atoms with E-state index in [2.05, 4.69) is 19.2 Å². The van der Waals surface area contributed by atoms with Crippen molar-refractivity contribution in [3.05, 3.63) is 65.9 Å². The van der Waals surface area contributed by atoms with Gasteiger partial charge in [0.2, 0.25) is 0 Å². The Hall–Kier alpha value is -2.88. The van der Waals surface area contributed by atoms with Crippen LogP contribution in [0.4, 0.5) is 5.69 Å². The predicted molar refractivity (Wildman–Crippen MR) is 96.4 cm³/mol. The van der Waals surface area contributed by atoms with Crippen LogP contribution in [-0.4, -0.2) is 16.3 Å². The van der Waals surface area contributed by atoms with Crippen molar-refractivity contribution < 1.29 is 9.59 Å². The normalized spacial score (nSPS) is 11.0. The van der Waals surface area contributed by atoms with Crippen LogP contribution >= 0.6 is 0 Å². The van der Waals surface area contributed by atoms with Crippen LogP contribution in [-0.2, 0) is 11.8 Å². The fourth-order valence-electron chi connectivity index (χ4n) is 2.94. The monoisotopic (exact) mass is 320 g/mol. The van der Waals surface area contributed by atoms with Gasteiger partial charge < -0.3 is 9.88 Å². The van der Waals surface area contributed by atoms with E-state index < -0.39 is 11.7 Å². The second-order valence-electron chi connectivity index (χ2n) is 6.20. The van der Waals surface area contributed by atoms with Crippen LogP contribution in [0.1, 0.15) is 35.7 Å². The second kappa shape index (κ2) is 6.32. The summed E-state index contributed by atoms with van der Waals surface area (Å²) in [5.74, 6) is -0.876. The molecule has 0 radical (unpaired) electrons. The molecule has 0 saturated carbocycles. The maximum absolute atomic E-state index is 12.6. The van der Waals surface area contributed by atoms with E-state index in [9.17, 15) is 9.59 Å². The SMILES string of the molecule is CC(C)c1ccccc1NC(=O)C(=O)c1cn(C)c2ccccc12. The first-order chi connectivity index (χ1) is 11.5. The van der Waals surface area contributed by atoms with Gasteiger partial charge in [0.25, 0.3) is 11.7 Å². The van der Waals surface area contributed by atoms with E-state index in [1.54, 1.807) is 6.20 Å². The zero-order valence-electron chi connectivity index (χ0n) is 14.0. The van der Waals surface area contributed by atoms with Gasteiger partial charge in [-0.3, -0.25) is 9.59 Å². The highest BCUT2D eigenvalue weighted by atomic mass is 16.2. The molecular formula is C20H20N2O2. The molecule has 0 fully saturated rings. The number of benzene rings is 2.